The van der Waals surface area contributed by atoms with Gasteiger partial charge in [0, 0.05) is 25.1 Å². The Morgan fingerprint density at radius 3 is 2.79 bits per heavy atom. The van der Waals surface area contributed by atoms with Crippen LogP contribution in [0.15, 0.2) is 36.5 Å². The summed E-state index contributed by atoms with van der Waals surface area (Å²) in [6, 6.07) is 10.0. The van der Waals surface area contributed by atoms with Crippen molar-refractivity contribution in [1.82, 2.24) is 4.98 Å². The maximum atomic E-state index is 10.5. The molecule has 100 valence electrons. The second-order valence-electron chi connectivity index (χ2n) is 5.33. The molecule has 3 rings (SSSR count). The number of benzene rings is 1. The number of rotatable bonds is 4. The van der Waals surface area contributed by atoms with Gasteiger partial charge in [-0.15, -0.1) is 0 Å². The quantitative estimate of drug-likeness (QED) is 0.915. The Bertz CT molecular complexity index is 567. The molecular weight excluding hydrogens is 238 g/mol. The third-order valence-corrected chi connectivity index (χ3v) is 4.37. The molecule has 1 aromatic heterocycles. The van der Waals surface area contributed by atoms with Crippen LogP contribution in [0.4, 0.5) is 0 Å². The smallest absolute Gasteiger partial charge is 0.0939 e. The number of aliphatic hydroxyl groups excluding tert-OH is 1. The lowest BCUT2D eigenvalue weighted by Gasteiger charge is -2.44. The van der Waals surface area contributed by atoms with Gasteiger partial charge in [0.05, 0.1) is 17.2 Å². The molecule has 1 unspecified atom stereocenters. The molecule has 1 aliphatic carbocycles. The van der Waals surface area contributed by atoms with E-state index in [1.54, 1.807) is 7.11 Å². The number of hydrogen-bond acceptors (Lipinski definition) is 3. The van der Waals surface area contributed by atoms with E-state index in [-0.39, 0.29) is 5.60 Å². The van der Waals surface area contributed by atoms with Gasteiger partial charge in [0.1, 0.15) is 0 Å². The summed E-state index contributed by atoms with van der Waals surface area (Å²) in [7, 11) is 1.70. The van der Waals surface area contributed by atoms with Crippen LogP contribution in [0.3, 0.4) is 0 Å². The van der Waals surface area contributed by atoms with Gasteiger partial charge in [0.25, 0.3) is 0 Å². The van der Waals surface area contributed by atoms with Gasteiger partial charge in [-0.3, -0.25) is 4.98 Å². The van der Waals surface area contributed by atoms with Crippen molar-refractivity contribution in [2.24, 2.45) is 0 Å². The lowest BCUT2D eigenvalue weighted by molar-refractivity contribution is -0.148. The molecular formula is C16H19NO2. The van der Waals surface area contributed by atoms with Crippen molar-refractivity contribution in [1.29, 1.82) is 0 Å². The van der Waals surface area contributed by atoms with Gasteiger partial charge in [-0.2, -0.15) is 0 Å². The second-order valence-corrected chi connectivity index (χ2v) is 5.33. The highest BCUT2D eigenvalue weighted by Crippen LogP contribution is 2.39. The Hall–Kier alpha value is -1.45. The van der Waals surface area contributed by atoms with Crippen molar-refractivity contribution in [3.05, 3.63) is 42.1 Å². The van der Waals surface area contributed by atoms with Crippen LogP contribution < -0.4 is 0 Å². The zero-order valence-electron chi connectivity index (χ0n) is 11.2. The summed E-state index contributed by atoms with van der Waals surface area (Å²) in [6.45, 7) is 0. The minimum atomic E-state index is -0.447. The summed E-state index contributed by atoms with van der Waals surface area (Å²) in [5.74, 6) is 0. The number of nitrogens with zero attached hydrogens (tertiary/aromatic N) is 1. The van der Waals surface area contributed by atoms with Crippen LogP contribution in [-0.2, 0) is 11.2 Å². The van der Waals surface area contributed by atoms with Crippen molar-refractivity contribution in [3.63, 3.8) is 0 Å². The molecule has 0 saturated heterocycles. The predicted octanol–water partition coefficient (Wildman–Crippen LogP) is 2.71. The molecule has 3 heteroatoms. The summed E-state index contributed by atoms with van der Waals surface area (Å²) >= 11 is 0. The van der Waals surface area contributed by atoms with Crippen LogP contribution in [0.2, 0.25) is 0 Å². The van der Waals surface area contributed by atoms with Gasteiger partial charge < -0.3 is 9.84 Å². The third kappa shape index (κ3) is 2.13. The maximum Gasteiger partial charge on any atom is 0.0939 e. The summed E-state index contributed by atoms with van der Waals surface area (Å²) < 4.78 is 5.55. The van der Waals surface area contributed by atoms with Gasteiger partial charge in [0.15, 0.2) is 0 Å². The molecule has 3 nitrogen and oxygen atoms in total. The molecule has 0 spiro atoms. The number of pyridine rings is 1. The molecule has 2 aromatic rings. The summed E-state index contributed by atoms with van der Waals surface area (Å²) in [5.41, 5.74) is 1.79. The van der Waals surface area contributed by atoms with Gasteiger partial charge in [-0.05, 0) is 37.0 Å². The third-order valence-electron chi connectivity index (χ3n) is 4.37. The van der Waals surface area contributed by atoms with Crippen molar-refractivity contribution in [2.45, 2.75) is 37.4 Å². The largest absolute Gasteiger partial charge is 0.390 e. The molecule has 1 aromatic carbocycles. The number of para-hydroxylation sites is 1. The fraction of sp³-hybridized carbons (Fsp3) is 0.438. The van der Waals surface area contributed by atoms with Crippen molar-refractivity contribution >= 4 is 10.9 Å². The van der Waals surface area contributed by atoms with E-state index < -0.39 is 6.10 Å². The Morgan fingerprint density at radius 2 is 2.11 bits per heavy atom. The lowest BCUT2D eigenvalue weighted by atomic mass is 9.74. The van der Waals surface area contributed by atoms with E-state index in [1.165, 1.54) is 0 Å². The fourth-order valence-electron chi connectivity index (χ4n) is 2.93. The molecule has 1 atom stereocenters. The monoisotopic (exact) mass is 257 g/mol. The highest BCUT2D eigenvalue weighted by atomic mass is 16.5. The van der Waals surface area contributed by atoms with E-state index in [4.69, 9.17) is 4.74 Å². The van der Waals surface area contributed by atoms with E-state index in [0.717, 1.165) is 35.7 Å². The Morgan fingerprint density at radius 1 is 1.32 bits per heavy atom. The molecule has 0 bridgehead atoms. The zero-order chi connectivity index (χ0) is 13.3. The number of hydrogen-bond donors (Lipinski definition) is 1. The van der Waals surface area contributed by atoms with Gasteiger partial charge >= 0.3 is 0 Å². The predicted molar refractivity (Wildman–Crippen MR) is 75.0 cm³/mol. The van der Waals surface area contributed by atoms with E-state index in [9.17, 15) is 5.11 Å². The first kappa shape index (κ1) is 12.6. The molecule has 1 fully saturated rings. The highest BCUT2D eigenvalue weighted by molar-refractivity contribution is 5.81. The van der Waals surface area contributed by atoms with E-state index in [1.807, 2.05) is 30.5 Å². The summed E-state index contributed by atoms with van der Waals surface area (Å²) in [6.07, 6.45) is 5.03. The Labute approximate surface area is 113 Å². The average molecular weight is 257 g/mol. The number of aromatic nitrogens is 1. The Balaban J connectivity index is 1.89. The maximum absolute atomic E-state index is 10.5. The minimum absolute atomic E-state index is 0.329. The SMILES string of the molecule is COC1(C(O)Cc2ccnc3ccccc23)CCC1. The Kier molecular flexibility index (Phi) is 3.25. The number of ether oxygens (including phenoxy) is 1. The van der Waals surface area contributed by atoms with Crippen molar-refractivity contribution in [3.8, 4) is 0 Å². The first-order valence-corrected chi connectivity index (χ1v) is 6.81. The normalized spacial score (nSPS) is 19.1. The van der Waals surface area contributed by atoms with Crippen LogP contribution in [0.1, 0.15) is 24.8 Å². The topological polar surface area (TPSA) is 42.4 Å². The first-order valence-electron chi connectivity index (χ1n) is 6.81. The summed E-state index contributed by atoms with van der Waals surface area (Å²) in [4.78, 5) is 4.35. The molecule has 0 aliphatic heterocycles. The fourth-order valence-corrected chi connectivity index (χ4v) is 2.93. The van der Waals surface area contributed by atoms with E-state index in [2.05, 4.69) is 11.1 Å². The molecule has 1 saturated carbocycles. The van der Waals surface area contributed by atoms with Crippen molar-refractivity contribution < 1.29 is 9.84 Å². The standard InChI is InChI=1S/C16H19NO2/c1-19-16(8-4-9-16)15(18)11-12-7-10-17-14-6-3-2-5-13(12)14/h2-3,5-7,10,15,18H,4,8-9,11H2,1H3. The van der Waals surface area contributed by atoms with E-state index >= 15 is 0 Å². The molecule has 0 radical (unpaired) electrons. The summed E-state index contributed by atoms with van der Waals surface area (Å²) in [5, 5.41) is 11.6. The number of fused-ring (bicyclic) bond motifs is 1. The van der Waals surface area contributed by atoms with Crippen molar-refractivity contribution in [2.75, 3.05) is 7.11 Å². The first-order chi connectivity index (χ1) is 9.25. The molecule has 1 heterocycles. The van der Waals surface area contributed by atoms with E-state index in [0.29, 0.717) is 6.42 Å². The molecule has 19 heavy (non-hydrogen) atoms. The van der Waals surface area contributed by atoms with Gasteiger partial charge in [-0.25, -0.2) is 0 Å². The van der Waals surface area contributed by atoms with Crippen LogP contribution in [0, 0.1) is 0 Å². The second kappa shape index (κ2) is 4.91. The zero-order valence-corrected chi connectivity index (χ0v) is 11.2. The molecule has 1 aliphatic rings. The average Bonchev–Trinajstić information content (AvgIpc) is 2.38. The van der Waals surface area contributed by atoms with Crippen LogP contribution in [0.25, 0.3) is 10.9 Å². The van der Waals surface area contributed by atoms with Crippen LogP contribution in [-0.4, -0.2) is 28.9 Å². The van der Waals surface area contributed by atoms with Crippen LogP contribution >= 0.6 is 0 Å². The lowest BCUT2D eigenvalue weighted by Crippen LogP contribution is -2.50. The molecule has 1 N–H and O–H groups in total. The van der Waals surface area contributed by atoms with Gasteiger partial charge in [-0.1, -0.05) is 18.2 Å². The highest BCUT2D eigenvalue weighted by Gasteiger charge is 2.43. The molecule has 0 amide bonds. The minimum Gasteiger partial charge on any atom is -0.390 e. The number of aliphatic hydroxyl groups is 1. The van der Waals surface area contributed by atoms with Crippen LogP contribution in [0.5, 0.6) is 0 Å². The number of methoxy groups -OCH3 is 1. The van der Waals surface area contributed by atoms with Gasteiger partial charge in [0.2, 0.25) is 0 Å².